The van der Waals surface area contributed by atoms with Crippen LogP contribution < -0.4 is 4.74 Å². The topological polar surface area (TPSA) is 49.9 Å². The smallest absolute Gasteiger partial charge is 0.223 e. The molecule has 1 amide bonds. The molecule has 0 N–H and O–H groups in total. The number of ketones is 1. The normalized spacial score (nSPS) is 14.7. The van der Waals surface area contributed by atoms with Crippen LogP contribution in [0, 0.1) is 13.8 Å². The number of hydrogen-bond acceptors (Lipinski definition) is 4. The van der Waals surface area contributed by atoms with E-state index in [0.29, 0.717) is 18.7 Å². The summed E-state index contributed by atoms with van der Waals surface area (Å²) < 4.78 is 5.20. The molecule has 2 aromatic rings. The molecule has 0 aromatic heterocycles. The summed E-state index contributed by atoms with van der Waals surface area (Å²) in [5, 5.41) is 0. The largest absolute Gasteiger partial charge is 0.497 e. The highest BCUT2D eigenvalue weighted by Gasteiger charge is 2.21. The van der Waals surface area contributed by atoms with Crippen molar-refractivity contribution in [1.29, 1.82) is 0 Å². The molecule has 5 heteroatoms. The van der Waals surface area contributed by atoms with E-state index in [1.165, 1.54) is 11.1 Å². The summed E-state index contributed by atoms with van der Waals surface area (Å²) in [6.07, 6.45) is 0.553. The molecular formula is C24H30N2O3. The van der Waals surface area contributed by atoms with E-state index in [9.17, 15) is 9.59 Å². The molecule has 1 heterocycles. The predicted molar refractivity (Wildman–Crippen MR) is 114 cm³/mol. The maximum atomic E-state index is 12.5. The van der Waals surface area contributed by atoms with Crippen molar-refractivity contribution in [3.05, 3.63) is 64.7 Å². The van der Waals surface area contributed by atoms with Crippen LogP contribution in [-0.4, -0.2) is 54.8 Å². The summed E-state index contributed by atoms with van der Waals surface area (Å²) >= 11 is 0. The Morgan fingerprint density at radius 1 is 0.897 bits per heavy atom. The predicted octanol–water partition coefficient (Wildman–Crippen LogP) is 3.62. The second-order valence-corrected chi connectivity index (χ2v) is 7.73. The number of hydrogen-bond donors (Lipinski definition) is 0. The number of carbonyl (C=O) groups is 2. The number of carbonyl (C=O) groups excluding carboxylic acids is 2. The van der Waals surface area contributed by atoms with Gasteiger partial charge in [-0.25, -0.2) is 0 Å². The lowest BCUT2D eigenvalue weighted by Gasteiger charge is -2.34. The molecule has 29 heavy (non-hydrogen) atoms. The van der Waals surface area contributed by atoms with Crippen molar-refractivity contribution < 1.29 is 14.3 Å². The highest BCUT2D eigenvalue weighted by Crippen LogP contribution is 2.16. The van der Waals surface area contributed by atoms with Crippen molar-refractivity contribution in [3.63, 3.8) is 0 Å². The molecule has 1 fully saturated rings. The zero-order valence-corrected chi connectivity index (χ0v) is 17.6. The van der Waals surface area contributed by atoms with E-state index in [1.54, 1.807) is 7.11 Å². The minimum atomic E-state index is 0.0413. The van der Waals surface area contributed by atoms with E-state index in [4.69, 9.17) is 4.74 Å². The van der Waals surface area contributed by atoms with Crippen LogP contribution in [0.4, 0.5) is 0 Å². The van der Waals surface area contributed by atoms with Crippen LogP contribution in [0.3, 0.4) is 0 Å². The Kier molecular flexibility index (Phi) is 7.04. The highest BCUT2D eigenvalue weighted by atomic mass is 16.5. The number of nitrogens with zero attached hydrogens (tertiary/aromatic N) is 2. The van der Waals surface area contributed by atoms with Gasteiger partial charge in [-0.2, -0.15) is 0 Å². The molecule has 0 saturated carbocycles. The Balaban J connectivity index is 1.43. The van der Waals surface area contributed by atoms with E-state index in [0.717, 1.165) is 30.9 Å². The molecule has 0 unspecified atom stereocenters. The van der Waals surface area contributed by atoms with E-state index in [-0.39, 0.29) is 24.5 Å². The first kappa shape index (κ1) is 21.1. The van der Waals surface area contributed by atoms with Gasteiger partial charge in [-0.3, -0.25) is 14.5 Å². The lowest BCUT2D eigenvalue weighted by Crippen LogP contribution is -2.48. The Labute approximate surface area is 173 Å². The Morgan fingerprint density at radius 2 is 1.59 bits per heavy atom. The quantitative estimate of drug-likeness (QED) is 0.673. The fourth-order valence-corrected chi connectivity index (χ4v) is 3.58. The number of aryl methyl sites for hydroxylation is 2. The van der Waals surface area contributed by atoms with Crippen LogP contribution >= 0.6 is 0 Å². The zero-order valence-electron chi connectivity index (χ0n) is 17.6. The molecule has 2 aromatic carbocycles. The van der Waals surface area contributed by atoms with Gasteiger partial charge in [0.05, 0.1) is 7.11 Å². The fourth-order valence-electron chi connectivity index (χ4n) is 3.58. The lowest BCUT2D eigenvalue weighted by atomic mass is 10.0. The molecule has 0 aliphatic carbocycles. The van der Waals surface area contributed by atoms with Crippen LogP contribution in [0.15, 0.2) is 42.5 Å². The third-order valence-electron chi connectivity index (χ3n) is 5.69. The summed E-state index contributed by atoms with van der Waals surface area (Å²) in [4.78, 5) is 29.2. The van der Waals surface area contributed by atoms with E-state index in [2.05, 4.69) is 17.0 Å². The summed E-state index contributed by atoms with van der Waals surface area (Å²) in [5.41, 5.74) is 4.22. The fraction of sp³-hybridized carbons (Fsp3) is 0.417. The molecular weight excluding hydrogens is 364 g/mol. The van der Waals surface area contributed by atoms with Gasteiger partial charge in [0.1, 0.15) is 5.75 Å². The van der Waals surface area contributed by atoms with Crippen LogP contribution in [0.1, 0.15) is 39.9 Å². The van der Waals surface area contributed by atoms with Gasteiger partial charge in [0.15, 0.2) is 5.78 Å². The van der Waals surface area contributed by atoms with Gasteiger partial charge in [0.2, 0.25) is 5.91 Å². The number of benzene rings is 2. The third kappa shape index (κ3) is 5.67. The first-order valence-electron chi connectivity index (χ1n) is 10.2. The molecule has 0 bridgehead atoms. The van der Waals surface area contributed by atoms with Crippen LogP contribution in [-0.2, 0) is 11.3 Å². The summed E-state index contributed by atoms with van der Waals surface area (Å²) in [5.74, 6) is 0.977. The van der Waals surface area contributed by atoms with Crippen molar-refractivity contribution >= 4 is 11.7 Å². The molecule has 3 rings (SSSR count). The zero-order chi connectivity index (χ0) is 20.8. The number of Topliss-reactive ketones (excluding diaryl/α,β-unsaturated/α-hetero) is 1. The minimum absolute atomic E-state index is 0.0413. The van der Waals surface area contributed by atoms with E-state index >= 15 is 0 Å². The van der Waals surface area contributed by atoms with Gasteiger partial charge in [0.25, 0.3) is 0 Å². The Hall–Kier alpha value is -2.66. The second kappa shape index (κ2) is 9.70. The SMILES string of the molecule is COc1ccc(CN2CCN(C(=O)CCC(=O)c3ccc(C)c(C)c3)CC2)cc1. The van der Waals surface area contributed by atoms with Gasteiger partial charge in [-0.1, -0.05) is 24.3 Å². The molecule has 0 atom stereocenters. The van der Waals surface area contributed by atoms with Gasteiger partial charge in [0, 0.05) is 51.1 Å². The Bertz CT molecular complexity index is 853. The first-order chi connectivity index (χ1) is 14.0. The van der Waals surface area contributed by atoms with Crippen molar-refractivity contribution in [2.75, 3.05) is 33.3 Å². The molecule has 0 radical (unpaired) electrons. The standard InChI is InChI=1S/C24H30N2O3/c1-18-4-7-21(16-19(18)2)23(27)10-11-24(28)26-14-12-25(13-15-26)17-20-5-8-22(29-3)9-6-20/h4-9,16H,10-15,17H2,1-3H3. The molecule has 1 aliphatic rings. The number of amides is 1. The van der Waals surface area contributed by atoms with Gasteiger partial charge >= 0.3 is 0 Å². The number of methoxy groups -OCH3 is 1. The highest BCUT2D eigenvalue weighted by molar-refractivity contribution is 5.98. The first-order valence-corrected chi connectivity index (χ1v) is 10.2. The second-order valence-electron chi connectivity index (χ2n) is 7.73. The van der Waals surface area contributed by atoms with Gasteiger partial charge in [-0.15, -0.1) is 0 Å². The van der Waals surface area contributed by atoms with Crippen molar-refractivity contribution in [2.24, 2.45) is 0 Å². The maximum Gasteiger partial charge on any atom is 0.223 e. The number of ether oxygens (including phenoxy) is 1. The maximum absolute atomic E-state index is 12.5. The van der Waals surface area contributed by atoms with Crippen molar-refractivity contribution in [1.82, 2.24) is 9.80 Å². The third-order valence-corrected chi connectivity index (χ3v) is 5.69. The lowest BCUT2D eigenvalue weighted by molar-refractivity contribution is -0.132. The molecule has 1 saturated heterocycles. The van der Waals surface area contributed by atoms with Crippen LogP contribution in [0.5, 0.6) is 5.75 Å². The molecule has 5 nitrogen and oxygen atoms in total. The summed E-state index contributed by atoms with van der Waals surface area (Å²) in [7, 11) is 1.67. The van der Waals surface area contributed by atoms with Crippen molar-refractivity contribution in [3.8, 4) is 5.75 Å². The number of rotatable bonds is 7. The molecule has 0 spiro atoms. The average Bonchev–Trinajstić information content (AvgIpc) is 2.74. The van der Waals surface area contributed by atoms with Crippen LogP contribution in [0.2, 0.25) is 0 Å². The van der Waals surface area contributed by atoms with E-state index in [1.807, 2.05) is 49.1 Å². The van der Waals surface area contributed by atoms with Gasteiger partial charge < -0.3 is 9.64 Å². The number of piperazine rings is 1. The van der Waals surface area contributed by atoms with E-state index < -0.39 is 0 Å². The monoisotopic (exact) mass is 394 g/mol. The van der Waals surface area contributed by atoms with Crippen molar-refractivity contribution in [2.45, 2.75) is 33.2 Å². The average molecular weight is 395 g/mol. The van der Waals surface area contributed by atoms with Crippen LogP contribution in [0.25, 0.3) is 0 Å². The Morgan fingerprint density at radius 3 is 2.21 bits per heavy atom. The summed E-state index contributed by atoms with van der Waals surface area (Å²) in [6, 6.07) is 13.8. The van der Waals surface area contributed by atoms with Gasteiger partial charge in [-0.05, 0) is 48.7 Å². The molecule has 1 aliphatic heterocycles. The molecule has 154 valence electrons. The summed E-state index contributed by atoms with van der Waals surface area (Å²) in [6.45, 7) is 8.03. The minimum Gasteiger partial charge on any atom is -0.497 e.